The average molecular weight is 554 g/mol. The minimum Gasteiger partial charge on any atom is -0.345 e. The van der Waals surface area contributed by atoms with Gasteiger partial charge in [-0.25, -0.2) is 4.39 Å². The molecule has 0 aliphatic heterocycles. The zero-order valence-corrected chi connectivity index (χ0v) is 20.0. The number of hydrogen-bond donors (Lipinski definition) is 1. The maximum absolute atomic E-state index is 14.0. The molecule has 198 valence electrons. The Hall–Kier alpha value is -3.87. The third-order valence-electron chi connectivity index (χ3n) is 5.28. The standard InChI is InChI=1S/C25H17F7N4OS/c26-20-10-2-1-9-19(20)22(37)33-13-21-34-35-23(36(21)18-8-4-7-17(12-18)25(30,31)32)38-14-15-5-3-6-16(11-15)24(27,28)29/h1-12H,13-14H2,(H,33,37). The number of rotatable bonds is 7. The number of hydrogen-bond acceptors (Lipinski definition) is 4. The van der Waals surface area contributed by atoms with Crippen LogP contribution in [0.4, 0.5) is 30.7 Å². The third-order valence-corrected chi connectivity index (χ3v) is 6.28. The van der Waals surface area contributed by atoms with Crippen LogP contribution in [0.5, 0.6) is 0 Å². The van der Waals surface area contributed by atoms with Crippen LogP contribution in [0.3, 0.4) is 0 Å². The summed E-state index contributed by atoms with van der Waals surface area (Å²) in [6.07, 6.45) is -9.18. The SMILES string of the molecule is O=C(NCc1nnc(SCc2cccc(C(F)(F)F)c2)n1-c1cccc(C(F)(F)F)c1)c1ccccc1F. The zero-order valence-electron chi connectivity index (χ0n) is 19.1. The highest BCUT2D eigenvalue weighted by atomic mass is 32.2. The van der Waals surface area contributed by atoms with Gasteiger partial charge in [0.25, 0.3) is 5.91 Å². The Balaban J connectivity index is 1.64. The van der Waals surface area contributed by atoms with Gasteiger partial charge in [0.15, 0.2) is 11.0 Å². The van der Waals surface area contributed by atoms with Crippen LogP contribution in [0.15, 0.2) is 78.0 Å². The maximum atomic E-state index is 14.0. The van der Waals surface area contributed by atoms with Crippen molar-refractivity contribution in [1.82, 2.24) is 20.1 Å². The van der Waals surface area contributed by atoms with Crippen molar-refractivity contribution in [3.63, 3.8) is 0 Å². The molecule has 0 atom stereocenters. The number of amides is 1. The average Bonchev–Trinajstić information content (AvgIpc) is 3.28. The van der Waals surface area contributed by atoms with Crippen LogP contribution >= 0.6 is 11.8 Å². The number of benzene rings is 3. The summed E-state index contributed by atoms with van der Waals surface area (Å²) in [5.74, 6) is -1.51. The van der Waals surface area contributed by atoms with Crippen LogP contribution in [-0.4, -0.2) is 20.7 Å². The molecule has 38 heavy (non-hydrogen) atoms. The Morgan fingerprint density at radius 2 is 1.50 bits per heavy atom. The normalized spacial score (nSPS) is 12.0. The topological polar surface area (TPSA) is 59.8 Å². The van der Waals surface area contributed by atoms with E-state index in [2.05, 4.69) is 15.5 Å². The van der Waals surface area contributed by atoms with Gasteiger partial charge in [0.1, 0.15) is 5.82 Å². The molecule has 4 rings (SSSR count). The lowest BCUT2D eigenvalue weighted by Crippen LogP contribution is -2.25. The van der Waals surface area contributed by atoms with Crippen molar-refractivity contribution in [1.29, 1.82) is 0 Å². The molecule has 0 aliphatic carbocycles. The van der Waals surface area contributed by atoms with Gasteiger partial charge >= 0.3 is 12.4 Å². The summed E-state index contributed by atoms with van der Waals surface area (Å²) < 4.78 is 94.5. The molecule has 5 nitrogen and oxygen atoms in total. The largest absolute Gasteiger partial charge is 0.416 e. The molecule has 0 radical (unpaired) electrons. The molecule has 1 aromatic heterocycles. The first-order valence-corrected chi connectivity index (χ1v) is 11.9. The van der Waals surface area contributed by atoms with E-state index in [1.807, 2.05) is 0 Å². The first-order chi connectivity index (χ1) is 17.9. The Morgan fingerprint density at radius 3 is 2.18 bits per heavy atom. The fraction of sp³-hybridized carbons (Fsp3) is 0.160. The van der Waals surface area contributed by atoms with E-state index in [1.165, 1.54) is 47.0 Å². The molecule has 1 N–H and O–H groups in total. The van der Waals surface area contributed by atoms with E-state index >= 15 is 0 Å². The van der Waals surface area contributed by atoms with Crippen molar-refractivity contribution in [2.24, 2.45) is 0 Å². The molecule has 0 aliphatic rings. The van der Waals surface area contributed by atoms with Gasteiger partial charge in [-0.3, -0.25) is 9.36 Å². The molecular weight excluding hydrogens is 537 g/mol. The van der Waals surface area contributed by atoms with Gasteiger partial charge in [0.2, 0.25) is 0 Å². The molecule has 13 heteroatoms. The number of carbonyl (C=O) groups is 1. The Kier molecular flexibility index (Phi) is 7.76. The minimum absolute atomic E-state index is 0.00258. The number of nitrogens with one attached hydrogen (secondary N) is 1. The Bertz CT molecular complexity index is 1450. The number of halogens is 7. The summed E-state index contributed by atoms with van der Waals surface area (Å²) in [5.41, 5.74) is -1.70. The molecule has 0 saturated carbocycles. The van der Waals surface area contributed by atoms with E-state index in [1.54, 1.807) is 0 Å². The molecule has 0 fully saturated rings. The van der Waals surface area contributed by atoms with Crippen molar-refractivity contribution >= 4 is 17.7 Å². The summed E-state index contributed by atoms with van der Waals surface area (Å²) in [7, 11) is 0. The van der Waals surface area contributed by atoms with Crippen LogP contribution in [0.2, 0.25) is 0 Å². The third kappa shape index (κ3) is 6.33. The van der Waals surface area contributed by atoms with Crippen LogP contribution < -0.4 is 5.32 Å². The number of nitrogens with zero attached hydrogens (tertiary/aromatic N) is 3. The summed E-state index contributed by atoms with van der Waals surface area (Å²) >= 11 is 0.950. The predicted octanol–water partition coefficient (Wildman–Crippen LogP) is 6.67. The lowest BCUT2D eigenvalue weighted by molar-refractivity contribution is -0.138. The van der Waals surface area contributed by atoms with Crippen molar-refractivity contribution in [3.05, 3.63) is 107 Å². The second-order valence-corrected chi connectivity index (χ2v) is 8.87. The lowest BCUT2D eigenvalue weighted by atomic mass is 10.1. The molecule has 1 amide bonds. The van der Waals surface area contributed by atoms with Crippen LogP contribution in [-0.2, 0) is 24.7 Å². The van der Waals surface area contributed by atoms with E-state index in [0.29, 0.717) is 5.56 Å². The summed E-state index contributed by atoms with van der Waals surface area (Å²) in [6.45, 7) is -0.319. The van der Waals surface area contributed by atoms with Crippen molar-refractivity contribution in [2.75, 3.05) is 0 Å². The lowest BCUT2D eigenvalue weighted by Gasteiger charge is -2.14. The fourth-order valence-electron chi connectivity index (χ4n) is 3.47. The molecule has 0 bridgehead atoms. The van der Waals surface area contributed by atoms with E-state index in [9.17, 15) is 35.5 Å². The molecule has 0 unspecified atom stereocenters. The summed E-state index contributed by atoms with van der Waals surface area (Å²) in [5, 5.41) is 10.5. The second kappa shape index (κ2) is 10.9. The van der Waals surface area contributed by atoms with E-state index in [-0.39, 0.29) is 34.5 Å². The molecule has 0 saturated heterocycles. The highest BCUT2D eigenvalue weighted by molar-refractivity contribution is 7.98. The molecule has 0 spiro atoms. The quantitative estimate of drug-likeness (QED) is 0.205. The monoisotopic (exact) mass is 554 g/mol. The van der Waals surface area contributed by atoms with Gasteiger partial charge in [-0.15, -0.1) is 10.2 Å². The highest BCUT2D eigenvalue weighted by Gasteiger charge is 2.32. The van der Waals surface area contributed by atoms with Gasteiger partial charge in [-0.1, -0.05) is 48.2 Å². The second-order valence-electron chi connectivity index (χ2n) is 7.93. The maximum Gasteiger partial charge on any atom is 0.416 e. The summed E-state index contributed by atoms with van der Waals surface area (Å²) in [6, 6.07) is 14.1. The van der Waals surface area contributed by atoms with Gasteiger partial charge < -0.3 is 5.32 Å². The van der Waals surface area contributed by atoms with E-state index < -0.39 is 35.2 Å². The molecule has 3 aromatic carbocycles. The number of aromatic nitrogens is 3. The smallest absolute Gasteiger partial charge is 0.345 e. The van der Waals surface area contributed by atoms with Gasteiger partial charge in [0.05, 0.1) is 28.9 Å². The summed E-state index contributed by atoms with van der Waals surface area (Å²) in [4.78, 5) is 12.4. The van der Waals surface area contributed by atoms with Crippen LogP contribution in [0.25, 0.3) is 5.69 Å². The van der Waals surface area contributed by atoms with E-state index in [0.717, 1.165) is 42.1 Å². The van der Waals surface area contributed by atoms with Gasteiger partial charge in [0, 0.05) is 5.75 Å². The molecular formula is C25H17F7N4OS. The first-order valence-electron chi connectivity index (χ1n) is 10.9. The number of carbonyl (C=O) groups excluding carboxylic acids is 1. The number of alkyl halides is 6. The minimum atomic E-state index is -4.64. The molecule has 1 heterocycles. The Morgan fingerprint density at radius 1 is 0.842 bits per heavy atom. The highest BCUT2D eigenvalue weighted by Crippen LogP contribution is 2.33. The Labute approximate surface area is 215 Å². The predicted molar refractivity (Wildman–Crippen MR) is 125 cm³/mol. The van der Waals surface area contributed by atoms with Gasteiger partial charge in [-0.05, 0) is 42.0 Å². The van der Waals surface area contributed by atoms with Crippen LogP contribution in [0, 0.1) is 5.82 Å². The van der Waals surface area contributed by atoms with Gasteiger partial charge in [-0.2, -0.15) is 26.3 Å². The first kappa shape index (κ1) is 27.2. The molecule has 4 aromatic rings. The van der Waals surface area contributed by atoms with Crippen molar-refractivity contribution < 1.29 is 35.5 Å². The number of thioether (sulfide) groups is 1. The fourth-order valence-corrected chi connectivity index (χ4v) is 4.39. The van der Waals surface area contributed by atoms with Crippen molar-refractivity contribution in [2.45, 2.75) is 29.8 Å². The van der Waals surface area contributed by atoms with Crippen molar-refractivity contribution in [3.8, 4) is 5.69 Å². The zero-order chi connectivity index (χ0) is 27.5. The van der Waals surface area contributed by atoms with Crippen LogP contribution in [0.1, 0.15) is 32.9 Å². The van der Waals surface area contributed by atoms with E-state index in [4.69, 9.17) is 0 Å².